The molecular weight excluding hydrogens is 418 g/mol. The van der Waals surface area contributed by atoms with Crippen LogP contribution in [0.3, 0.4) is 0 Å². The van der Waals surface area contributed by atoms with Gasteiger partial charge in [-0.05, 0) is 51.7 Å². The highest BCUT2D eigenvalue weighted by atomic mass is 16.5. The second-order valence-electron chi connectivity index (χ2n) is 9.92. The molecule has 0 saturated heterocycles. The SMILES string of the molecule is CCC(C)C.CCCC.CCCC(C)C.CCCCCO.CCCCCOC.CCCN(C)C. The Balaban J connectivity index is -0.0000000697. The molecule has 0 fully saturated rings. The Morgan fingerprint density at radius 2 is 1.06 bits per heavy atom. The van der Waals surface area contributed by atoms with Crippen molar-refractivity contribution in [3.8, 4) is 0 Å². The van der Waals surface area contributed by atoms with Crippen molar-refractivity contribution < 1.29 is 9.84 Å². The highest BCUT2D eigenvalue weighted by molar-refractivity contribution is 4.39. The molecule has 0 aromatic heterocycles. The van der Waals surface area contributed by atoms with E-state index >= 15 is 0 Å². The molecule has 0 heterocycles. The van der Waals surface area contributed by atoms with E-state index in [0.717, 1.165) is 31.3 Å². The number of hydrogen-bond donors (Lipinski definition) is 1. The number of rotatable bonds is 13. The third-order valence-corrected chi connectivity index (χ3v) is 4.57. The van der Waals surface area contributed by atoms with Gasteiger partial charge in [0.1, 0.15) is 0 Å². The van der Waals surface area contributed by atoms with Crippen molar-refractivity contribution in [1.82, 2.24) is 4.90 Å². The van der Waals surface area contributed by atoms with E-state index in [-0.39, 0.29) is 0 Å². The van der Waals surface area contributed by atoms with Crippen LogP contribution >= 0.6 is 0 Å². The van der Waals surface area contributed by atoms with Gasteiger partial charge in [-0.1, -0.05) is 134 Å². The molecule has 3 nitrogen and oxygen atoms in total. The van der Waals surface area contributed by atoms with E-state index in [0.29, 0.717) is 6.61 Å². The molecule has 0 aromatic rings. The Morgan fingerprint density at radius 1 is 0.618 bits per heavy atom. The van der Waals surface area contributed by atoms with E-state index in [1.165, 1.54) is 70.8 Å². The van der Waals surface area contributed by atoms with Gasteiger partial charge in [0.2, 0.25) is 0 Å². The maximum atomic E-state index is 8.20. The monoisotopic (exact) mass is 494 g/mol. The molecule has 1 N–H and O–H groups in total. The van der Waals surface area contributed by atoms with Gasteiger partial charge in [-0.3, -0.25) is 0 Å². The zero-order valence-corrected chi connectivity index (χ0v) is 27.1. The van der Waals surface area contributed by atoms with Gasteiger partial charge in [-0.2, -0.15) is 0 Å². The molecular formula is C31H75NO2. The molecule has 0 radical (unpaired) electrons. The van der Waals surface area contributed by atoms with Gasteiger partial charge in [-0.25, -0.2) is 0 Å². The predicted octanol–water partition coefficient (Wildman–Crippen LogP) is 10.3. The first-order valence-corrected chi connectivity index (χ1v) is 14.8. The molecule has 0 amide bonds. The lowest BCUT2D eigenvalue weighted by molar-refractivity contribution is 0.192. The maximum Gasteiger partial charge on any atom is 0.0462 e. The minimum atomic E-state index is 0.355. The Bertz CT molecular complexity index is 224. The first-order valence-electron chi connectivity index (χ1n) is 14.8. The highest BCUT2D eigenvalue weighted by Gasteiger charge is 1.85. The largest absolute Gasteiger partial charge is 0.396 e. The molecule has 0 aromatic carbocycles. The van der Waals surface area contributed by atoms with Crippen LogP contribution in [0.4, 0.5) is 0 Å². The molecule has 3 heteroatoms. The number of aliphatic hydroxyl groups is 1. The molecule has 0 aliphatic heterocycles. The average Bonchev–Trinajstić information content (AvgIpc) is 2.79. The highest BCUT2D eigenvalue weighted by Crippen LogP contribution is 2.00. The van der Waals surface area contributed by atoms with E-state index in [4.69, 9.17) is 9.84 Å². The summed E-state index contributed by atoms with van der Waals surface area (Å²) < 4.78 is 4.84. The Kier molecular flexibility index (Phi) is 74.8. The van der Waals surface area contributed by atoms with Gasteiger partial charge in [0.05, 0.1) is 0 Å². The van der Waals surface area contributed by atoms with Crippen LogP contribution < -0.4 is 0 Å². The summed E-state index contributed by atoms with van der Waals surface area (Å²) >= 11 is 0. The van der Waals surface area contributed by atoms with Crippen LogP contribution in [0.2, 0.25) is 0 Å². The van der Waals surface area contributed by atoms with E-state index < -0.39 is 0 Å². The Hall–Kier alpha value is -0.120. The van der Waals surface area contributed by atoms with Crippen molar-refractivity contribution >= 4 is 0 Å². The zero-order valence-electron chi connectivity index (χ0n) is 27.1. The quantitative estimate of drug-likeness (QED) is 0.259. The first-order chi connectivity index (χ1) is 16.1. The molecule has 0 saturated carbocycles. The second-order valence-corrected chi connectivity index (χ2v) is 9.92. The van der Waals surface area contributed by atoms with Gasteiger partial charge in [0, 0.05) is 20.3 Å². The smallest absolute Gasteiger partial charge is 0.0462 e. The lowest BCUT2D eigenvalue weighted by Gasteiger charge is -2.03. The van der Waals surface area contributed by atoms with Crippen molar-refractivity contribution in [1.29, 1.82) is 0 Å². The topological polar surface area (TPSA) is 32.7 Å². The Morgan fingerprint density at radius 3 is 1.18 bits per heavy atom. The van der Waals surface area contributed by atoms with E-state index in [1.54, 1.807) is 7.11 Å². The van der Waals surface area contributed by atoms with Crippen LogP contribution in [0, 0.1) is 11.8 Å². The third-order valence-electron chi connectivity index (χ3n) is 4.57. The van der Waals surface area contributed by atoms with E-state index in [9.17, 15) is 0 Å². The second kappa shape index (κ2) is 54.0. The first kappa shape index (κ1) is 47.1. The summed E-state index contributed by atoms with van der Waals surface area (Å²) in [5, 5.41) is 8.20. The normalized spacial score (nSPS) is 9.35. The molecule has 0 aliphatic carbocycles. The molecule has 0 aliphatic rings. The van der Waals surface area contributed by atoms with Crippen molar-refractivity contribution in [2.24, 2.45) is 11.8 Å². The Labute approximate surface area is 220 Å². The summed E-state index contributed by atoms with van der Waals surface area (Å²) in [4.78, 5) is 2.18. The number of aliphatic hydroxyl groups excluding tert-OH is 1. The van der Waals surface area contributed by atoms with Crippen LogP contribution in [-0.2, 0) is 4.74 Å². The van der Waals surface area contributed by atoms with Crippen molar-refractivity contribution in [3.63, 3.8) is 0 Å². The minimum absolute atomic E-state index is 0.355. The van der Waals surface area contributed by atoms with Crippen molar-refractivity contribution in [3.05, 3.63) is 0 Å². The number of hydrogen-bond acceptors (Lipinski definition) is 3. The summed E-state index contributed by atoms with van der Waals surface area (Å²) in [5.41, 5.74) is 0. The fourth-order valence-electron chi connectivity index (χ4n) is 1.88. The van der Waals surface area contributed by atoms with Gasteiger partial charge in [-0.15, -0.1) is 0 Å². The summed E-state index contributed by atoms with van der Waals surface area (Å²) in [6, 6.07) is 0. The predicted molar refractivity (Wildman–Crippen MR) is 162 cm³/mol. The number of ether oxygens (including phenoxy) is 1. The lowest BCUT2D eigenvalue weighted by Crippen LogP contribution is -2.11. The van der Waals surface area contributed by atoms with Crippen LogP contribution in [0.1, 0.15) is 153 Å². The molecule has 0 unspecified atom stereocenters. The van der Waals surface area contributed by atoms with Crippen molar-refractivity contribution in [2.45, 2.75) is 153 Å². The molecule has 216 valence electrons. The van der Waals surface area contributed by atoms with Crippen LogP contribution in [0.25, 0.3) is 0 Å². The maximum absolute atomic E-state index is 8.20. The van der Waals surface area contributed by atoms with Crippen molar-refractivity contribution in [2.75, 3.05) is 41.0 Å². The molecule has 34 heavy (non-hydrogen) atoms. The standard InChI is InChI=1S/C6H14O.C6H14.C5H13N.C5H12O.C5H12.C4H10/c1-3-4-5-6-7-2;2*1-4-5-6(2)3;1-2-3-4-5-6;1-4-5(2)3;1-3-4-2/h3-6H2,1-2H3;6H,4-5H2,1-3H3;4-5H2,1-3H3;6H,2-5H2,1H3;5H,4H2,1-3H3;3-4H2,1-2H3. The number of methoxy groups -OCH3 is 1. The van der Waals surface area contributed by atoms with Crippen LogP contribution in [-0.4, -0.2) is 51.0 Å². The zero-order chi connectivity index (χ0) is 28.0. The fraction of sp³-hybridized carbons (Fsp3) is 1.00. The summed E-state index contributed by atoms with van der Waals surface area (Å²) in [7, 11) is 5.92. The summed E-state index contributed by atoms with van der Waals surface area (Å²) in [6.45, 7) is 26.7. The molecule has 0 bridgehead atoms. The lowest BCUT2D eigenvalue weighted by atomic mass is 10.1. The number of unbranched alkanes of at least 4 members (excludes halogenated alkanes) is 5. The average molecular weight is 494 g/mol. The van der Waals surface area contributed by atoms with Crippen LogP contribution in [0.15, 0.2) is 0 Å². The molecule has 0 spiro atoms. The van der Waals surface area contributed by atoms with Gasteiger partial charge >= 0.3 is 0 Å². The summed E-state index contributed by atoms with van der Waals surface area (Å²) in [6.07, 6.45) is 15.0. The van der Waals surface area contributed by atoms with Gasteiger partial charge in [0.15, 0.2) is 0 Å². The molecule has 0 rings (SSSR count). The van der Waals surface area contributed by atoms with E-state index in [1.807, 2.05) is 0 Å². The van der Waals surface area contributed by atoms with Gasteiger partial charge in [0.25, 0.3) is 0 Å². The fourth-order valence-corrected chi connectivity index (χ4v) is 1.88. The van der Waals surface area contributed by atoms with Gasteiger partial charge < -0.3 is 14.7 Å². The third kappa shape index (κ3) is 121. The molecule has 0 atom stereocenters. The number of nitrogens with zero attached hydrogens (tertiary/aromatic N) is 1. The van der Waals surface area contributed by atoms with E-state index in [2.05, 4.69) is 95.2 Å². The summed E-state index contributed by atoms with van der Waals surface area (Å²) in [5.74, 6) is 1.78. The van der Waals surface area contributed by atoms with Crippen LogP contribution in [0.5, 0.6) is 0 Å². The minimum Gasteiger partial charge on any atom is -0.396 e.